The summed E-state index contributed by atoms with van der Waals surface area (Å²) in [5.74, 6) is 1.85. The quantitative estimate of drug-likeness (QED) is 0.858. The summed E-state index contributed by atoms with van der Waals surface area (Å²) in [6.07, 6.45) is 1.67. The Hall–Kier alpha value is -1.55. The highest BCUT2D eigenvalue weighted by Crippen LogP contribution is 2.31. The molecule has 0 fully saturated rings. The van der Waals surface area contributed by atoms with Crippen molar-refractivity contribution in [1.29, 1.82) is 0 Å². The van der Waals surface area contributed by atoms with Crippen molar-refractivity contribution in [3.05, 3.63) is 46.6 Å². The maximum absolute atomic E-state index is 5.75. The summed E-state index contributed by atoms with van der Waals surface area (Å²) in [4.78, 5) is 4.15. The van der Waals surface area contributed by atoms with E-state index >= 15 is 0 Å². The van der Waals surface area contributed by atoms with Gasteiger partial charge in [0, 0.05) is 10.7 Å². The van der Waals surface area contributed by atoms with Gasteiger partial charge in [-0.15, -0.1) is 0 Å². The van der Waals surface area contributed by atoms with Crippen molar-refractivity contribution in [3.63, 3.8) is 0 Å². The number of hydrogen-bond donors (Lipinski definition) is 0. The van der Waals surface area contributed by atoms with E-state index in [1.165, 1.54) is 0 Å². The van der Waals surface area contributed by atoms with Crippen molar-refractivity contribution in [2.45, 2.75) is 6.92 Å². The molecule has 0 atom stereocenters. The van der Waals surface area contributed by atoms with E-state index in [1.807, 2.05) is 31.2 Å². The van der Waals surface area contributed by atoms with E-state index in [1.54, 1.807) is 19.4 Å². The summed E-state index contributed by atoms with van der Waals surface area (Å²) < 4.78 is 11.9. The lowest BCUT2D eigenvalue weighted by Gasteiger charge is -2.10. The first-order valence-electron chi connectivity index (χ1n) is 5.13. The predicted octanol–water partition coefficient (Wildman–Crippen LogP) is 3.95. The average Bonchev–Trinajstić information content (AvgIpc) is 2.34. The van der Waals surface area contributed by atoms with Crippen LogP contribution in [0.1, 0.15) is 5.56 Å². The van der Waals surface area contributed by atoms with E-state index in [9.17, 15) is 0 Å². The van der Waals surface area contributed by atoms with Gasteiger partial charge in [0.2, 0.25) is 0 Å². The fraction of sp³-hybridized carbons (Fsp3) is 0.154. The lowest BCUT2D eigenvalue weighted by molar-refractivity contribution is 0.368. The molecule has 0 amide bonds. The first kappa shape index (κ1) is 11.9. The summed E-state index contributed by atoms with van der Waals surface area (Å²) in [6.45, 7) is 1.98. The van der Waals surface area contributed by atoms with Crippen LogP contribution in [0.15, 0.2) is 41.0 Å². The van der Waals surface area contributed by atoms with E-state index in [-0.39, 0.29) is 0 Å². The van der Waals surface area contributed by atoms with Gasteiger partial charge < -0.3 is 9.47 Å². The van der Waals surface area contributed by atoms with Crippen LogP contribution in [-0.4, -0.2) is 12.1 Å². The second-order valence-corrected chi connectivity index (χ2v) is 4.44. The highest BCUT2D eigenvalue weighted by atomic mass is 79.9. The molecule has 3 nitrogen and oxygen atoms in total. The number of rotatable bonds is 3. The zero-order chi connectivity index (χ0) is 12.3. The molecule has 17 heavy (non-hydrogen) atoms. The van der Waals surface area contributed by atoms with Crippen LogP contribution in [0.3, 0.4) is 0 Å². The largest absolute Gasteiger partial charge is 0.491 e. The number of hydrogen-bond acceptors (Lipinski definition) is 3. The van der Waals surface area contributed by atoms with Gasteiger partial charge in [0.15, 0.2) is 5.75 Å². The molecule has 0 N–H and O–H groups in total. The van der Waals surface area contributed by atoms with Crippen molar-refractivity contribution >= 4 is 15.9 Å². The van der Waals surface area contributed by atoms with E-state index < -0.39 is 0 Å². The predicted molar refractivity (Wildman–Crippen MR) is 69.7 cm³/mol. The SMILES string of the molecule is COc1cccnc1Oc1cc(Br)ccc1C. The van der Waals surface area contributed by atoms with Gasteiger partial charge in [0.1, 0.15) is 5.75 Å². The zero-order valence-electron chi connectivity index (χ0n) is 9.61. The molecule has 0 bridgehead atoms. The number of pyridine rings is 1. The summed E-state index contributed by atoms with van der Waals surface area (Å²) in [5.41, 5.74) is 1.04. The van der Waals surface area contributed by atoms with Crippen molar-refractivity contribution in [1.82, 2.24) is 4.98 Å². The van der Waals surface area contributed by atoms with E-state index in [0.29, 0.717) is 11.6 Å². The van der Waals surface area contributed by atoms with Crippen LogP contribution < -0.4 is 9.47 Å². The van der Waals surface area contributed by atoms with E-state index in [2.05, 4.69) is 20.9 Å². The molecule has 1 heterocycles. The first-order valence-corrected chi connectivity index (χ1v) is 5.93. The Morgan fingerprint density at radius 3 is 2.76 bits per heavy atom. The van der Waals surface area contributed by atoms with Crippen LogP contribution >= 0.6 is 15.9 Å². The van der Waals surface area contributed by atoms with Gasteiger partial charge >= 0.3 is 0 Å². The molecule has 0 saturated heterocycles. The molecule has 0 spiro atoms. The minimum Gasteiger partial charge on any atom is -0.491 e. The monoisotopic (exact) mass is 293 g/mol. The van der Waals surface area contributed by atoms with Crippen LogP contribution in [-0.2, 0) is 0 Å². The lowest BCUT2D eigenvalue weighted by atomic mass is 10.2. The van der Waals surface area contributed by atoms with E-state index in [0.717, 1.165) is 15.8 Å². The van der Waals surface area contributed by atoms with Gasteiger partial charge in [0.05, 0.1) is 7.11 Å². The third-order valence-corrected chi connectivity index (χ3v) is 2.81. The Bertz CT molecular complexity index is 529. The molecule has 1 aromatic heterocycles. The molecule has 0 aliphatic carbocycles. The van der Waals surface area contributed by atoms with Crippen LogP contribution in [0.4, 0.5) is 0 Å². The number of ether oxygens (including phenoxy) is 2. The molecule has 0 unspecified atom stereocenters. The standard InChI is InChI=1S/C13H12BrNO2/c1-9-5-6-10(14)8-12(9)17-13-11(16-2)4-3-7-15-13/h3-8H,1-2H3. The number of halogens is 1. The Balaban J connectivity index is 2.34. The molecule has 0 aliphatic heterocycles. The number of nitrogens with zero attached hydrogens (tertiary/aromatic N) is 1. The van der Waals surface area contributed by atoms with Crippen LogP contribution in [0, 0.1) is 6.92 Å². The molecule has 2 rings (SSSR count). The Kier molecular flexibility index (Phi) is 3.64. The third-order valence-electron chi connectivity index (χ3n) is 2.31. The molecule has 1 aromatic carbocycles. The molecule has 0 aliphatic rings. The molecule has 0 radical (unpaired) electrons. The van der Waals surface area contributed by atoms with Gasteiger partial charge in [-0.25, -0.2) is 4.98 Å². The number of aryl methyl sites for hydroxylation is 1. The molecular formula is C13H12BrNO2. The van der Waals surface area contributed by atoms with Gasteiger partial charge in [-0.2, -0.15) is 0 Å². The highest BCUT2D eigenvalue weighted by Gasteiger charge is 2.08. The van der Waals surface area contributed by atoms with Crippen molar-refractivity contribution in [3.8, 4) is 17.4 Å². The Morgan fingerprint density at radius 1 is 1.18 bits per heavy atom. The molecule has 2 aromatic rings. The van der Waals surface area contributed by atoms with Gasteiger partial charge in [-0.1, -0.05) is 22.0 Å². The lowest BCUT2D eigenvalue weighted by Crippen LogP contribution is -1.94. The molecule has 0 saturated carbocycles. The van der Waals surface area contributed by atoms with Crippen LogP contribution in [0.5, 0.6) is 17.4 Å². The molecule has 4 heteroatoms. The topological polar surface area (TPSA) is 31.4 Å². The van der Waals surface area contributed by atoms with Gasteiger partial charge in [-0.3, -0.25) is 0 Å². The summed E-state index contributed by atoms with van der Waals surface area (Å²) in [5, 5.41) is 0. The van der Waals surface area contributed by atoms with E-state index in [4.69, 9.17) is 9.47 Å². The zero-order valence-corrected chi connectivity index (χ0v) is 11.2. The number of benzene rings is 1. The Morgan fingerprint density at radius 2 is 2.00 bits per heavy atom. The van der Waals surface area contributed by atoms with Crippen LogP contribution in [0.2, 0.25) is 0 Å². The van der Waals surface area contributed by atoms with Crippen molar-refractivity contribution < 1.29 is 9.47 Å². The summed E-state index contributed by atoms with van der Waals surface area (Å²) in [7, 11) is 1.59. The summed E-state index contributed by atoms with van der Waals surface area (Å²) in [6, 6.07) is 9.48. The molecular weight excluding hydrogens is 282 g/mol. The number of aromatic nitrogens is 1. The molecule has 88 valence electrons. The number of methoxy groups -OCH3 is 1. The normalized spacial score (nSPS) is 10.1. The minimum absolute atomic E-state index is 0.469. The smallest absolute Gasteiger partial charge is 0.262 e. The van der Waals surface area contributed by atoms with Crippen molar-refractivity contribution in [2.24, 2.45) is 0 Å². The minimum atomic E-state index is 0.469. The fourth-order valence-corrected chi connectivity index (χ4v) is 1.74. The fourth-order valence-electron chi connectivity index (χ4n) is 1.40. The maximum Gasteiger partial charge on any atom is 0.262 e. The second-order valence-electron chi connectivity index (χ2n) is 3.52. The van der Waals surface area contributed by atoms with Crippen LogP contribution in [0.25, 0.3) is 0 Å². The van der Waals surface area contributed by atoms with Gasteiger partial charge in [0.25, 0.3) is 5.88 Å². The maximum atomic E-state index is 5.75. The third kappa shape index (κ3) is 2.77. The van der Waals surface area contributed by atoms with Gasteiger partial charge in [-0.05, 0) is 36.8 Å². The average molecular weight is 294 g/mol. The highest BCUT2D eigenvalue weighted by molar-refractivity contribution is 9.10. The first-order chi connectivity index (χ1) is 8.20. The summed E-state index contributed by atoms with van der Waals surface area (Å²) >= 11 is 3.41. The second kappa shape index (κ2) is 5.19. The van der Waals surface area contributed by atoms with Crippen molar-refractivity contribution in [2.75, 3.05) is 7.11 Å². The Labute approximate surface area is 109 Å².